The number of hydrogen-bond donors (Lipinski definition) is 7. The van der Waals surface area contributed by atoms with E-state index in [0.29, 0.717) is 19.4 Å². The van der Waals surface area contributed by atoms with Gasteiger partial charge in [0.15, 0.2) is 6.04 Å². The largest absolute Gasteiger partial charge is 0.481 e. The van der Waals surface area contributed by atoms with E-state index in [-0.39, 0.29) is 12.8 Å². The van der Waals surface area contributed by atoms with E-state index >= 15 is 0 Å². The number of carbonyl (C=O) groups is 5. The second kappa shape index (κ2) is 13.0. The Bertz CT molecular complexity index is 693. The molecule has 7 N–H and O–H groups in total. The van der Waals surface area contributed by atoms with Gasteiger partial charge < -0.3 is 36.6 Å². The fourth-order valence-corrected chi connectivity index (χ4v) is 3.30. The molecule has 3 amide bonds. The molecule has 1 heterocycles. The molecule has 1 saturated heterocycles. The van der Waals surface area contributed by atoms with Gasteiger partial charge in [-0.25, -0.2) is 4.79 Å². The van der Waals surface area contributed by atoms with Crippen molar-refractivity contribution in [2.75, 3.05) is 6.54 Å². The molecule has 12 heteroatoms. The molecular formula is C20H34N4O8. The van der Waals surface area contributed by atoms with Crippen LogP contribution in [0.15, 0.2) is 0 Å². The van der Waals surface area contributed by atoms with Crippen molar-refractivity contribution >= 4 is 29.7 Å². The SMILES string of the molecule is CCC(C)C(NC(=O)C(CCC(=O)O)NC(=O)C1CCCN1)C(=O)NC(C(=O)O)C(C)O. The highest BCUT2D eigenvalue weighted by atomic mass is 16.4. The van der Waals surface area contributed by atoms with Crippen LogP contribution in [0.2, 0.25) is 0 Å². The number of aliphatic carboxylic acids is 2. The molecule has 0 aromatic carbocycles. The third kappa shape index (κ3) is 8.42. The molecule has 12 nitrogen and oxygen atoms in total. The van der Waals surface area contributed by atoms with Crippen molar-refractivity contribution in [2.24, 2.45) is 5.92 Å². The smallest absolute Gasteiger partial charge is 0.328 e. The molecule has 0 aromatic rings. The van der Waals surface area contributed by atoms with Crippen molar-refractivity contribution in [3.63, 3.8) is 0 Å². The number of rotatable bonds is 13. The Labute approximate surface area is 186 Å². The average Bonchev–Trinajstić information content (AvgIpc) is 3.26. The standard InChI is InChI=1S/C20H34N4O8/c1-4-10(2)15(19(30)24-16(11(3)25)20(31)32)23-18(29)13(7-8-14(26)27)22-17(28)12-6-5-9-21-12/h10-13,15-16,21,25H,4-9H2,1-3H3,(H,22,28)(H,23,29)(H,24,30)(H,26,27)(H,31,32). The van der Waals surface area contributed by atoms with Gasteiger partial charge in [-0.05, 0) is 38.6 Å². The van der Waals surface area contributed by atoms with Crippen LogP contribution in [0.3, 0.4) is 0 Å². The summed E-state index contributed by atoms with van der Waals surface area (Å²) in [5, 5.41) is 38.1. The van der Waals surface area contributed by atoms with Crippen LogP contribution in [0.1, 0.15) is 52.9 Å². The van der Waals surface area contributed by atoms with E-state index < -0.39 is 65.8 Å². The fraction of sp³-hybridized carbons (Fsp3) is 0.750. The molecule has 1 aliphatic rings. The van der Waals surface area contributed by atoms with Gasteiger partial charge in [0.2, 0.25) is 17.7 Å². The molecule has 0 aromatic heterocycles. The first-order chi connectivity index (χ1) is 15.0. The molecule has 32 heavy (non-hydrogen) atoms. The van der Waals surface area contributed by atoms with Gasteiger partial charge in [-0.15, -0.1) is 0 Å². The van der Waals surface area contributed by atoms with Gasteiger partial charge in [-0.1, -0.05) is 20.3 Å². The van der Waals surface area contributed by atoms with Gasteiger partial charge >= 0.3 is 11.9 Å². The van der Waals surface area contributed by atoms with Crippen molar-refractivity contribution in [1.29, 1.82) is 0 Å². The van der Waals surface area contributed by atoms with Crippen LogP contribution in [0.4, 0.5) is 0 Å². The number of carbonyl (C=O) groups excluding carboxylic acids is 3. The Morgan fingerprint density at radius 2 is 1.62 bits per heavy atom. The maximum Gasteiger partial charge on any atom is 0.328 e. The Morgan fingerprint density at radius 1 is 1.00 bits per heavy atom. The second-order valence-electron chi connectivity index (χ2n) is 8.08. The van der Waals surface area contributed by atoms with Gasteiger partial charge in [-0.3, -0.25) is 19.2 Å². The summed E-state index contributed by atoms with van der Waals surface area (Å²) in [6.07, 6.45) is -0.0737. The third-order valence-corrected chi connectivity index (χ3v) is 5.50. The quantitative estimate of drug-likeness (QED) is 0.173. The van der Waals surface area contributed by atoms with E-state index in [2.05, 4.69) is 21.3 Å². The maximum absolute atomic E-state index is 12.9. The molecule has 0 bridgehead atoms. The minimum Gasteiger partial charge on any atom is -0.481 e. The number of aliphatic hydroxyl groups is 1. The number of aliphatic hydroxyl groups excluding tert-OH is 1. The van der Waals surface area contributed by atoms with Crippen LogP contribution >= 0.6 is 0 Å². The van der Waals surface area contributed by atoms with Crippen molar-refractivity contribution < 1.29 is 39.3 Å². The number of carboxylic acids is 2. The summed E-state index contributed by atoms with van der Waals surface area (Å²) in [6, 6.07) is -4.39. The van der Waals surface area contributed by atoms with Gasteiger partial charge in [0.05, 0.1) is 12.1 Å². The number of amides is 3. The third-order valence-electron chi connectivity index (χ3n) is 5.50. The van der Waals surface area contributed by atoms with Gasteiger partial charge in [-0.2, -0.15) is 0 Å². The predicted molar refractivity (Wildman–Crippen MR) is 112 cm³/mol. The van der Waals surface area contributed by atoms with Gasteiger partial charge in [0, 0.05) is 6.42 Å². The number of nitrogens with one attached hydrogen (secondary N) is 4. The van der Waals surface area contributed by atoms with E-state index in [1.165, 1.54) is 6.92 Å². The minimum atomic E-state index is -1.57. The molecule has 1 rings (SSSR count). The molecule has 0 spiro atoms. The van der Waals surface area contributed by atoms with Crippen molar-refractivity contribution in [2.45, 2.75) is 83.1 Å². The van der Waals surface area contributed by atoms with E-state index in [0.717, 1.165) is 6.42 Å². The van der Waals surface area contributed by atoms with Crippen LogP contribution in [-0.2, 0) is 24.0 Å². The van der Waals surface area contributed by atoms with E-state index in [1.807, 2.05) is 0 Å². The highest BCUT2D eigenvalue weighted by molar-refractivity contribution is 5.94. The first-order valence-corrected chi connectivity index (χ1v) is 10.7. The summed E-state index contributed by atoms with van der Waals surface area (Å²) in [6.45, 7) is 5.32. The Morgan fingerprint density at radius 3 is 2.09 bits per heavy atom. The summed E-state index contributed by atoms with van der Waals surface area (Å²) in [5.41, 5.74) is 0. The lowest BCUT2D eigenvalue weighted by atomic mass is 9.96. The molecule has 182 valence electrons. The van der Waals surface area contributed by atoms with Crippen molar-refractivity contribution in [3.8, 4) is 0 Å². The first-order valence-electron chi connectivity index (χ1n) is 10.7. The van der Waals surface area contributed by atoms with Crippen LogP contribution in [0.25, 0.3) is 0 Å². The highest BCUT2D eigenvalue weighted by Gasteiger charge is 2.34. The zero-order valence-electron chi connectivity index (χ0n) is 18.6. The molecule has 0 saturated carbocycles. The zero-order chi connectivity index (χ0) is 24.4. The van der Waals surface area contributed by atoms with E-state index in [9.17, 15) is 34.2 Å². The lowest BCUT2D eigenvalue weighted by molar-refractivity contribution is -0.145. The summed E-state index contributed by atoms with van der Waals surface area (Å²) < 4.78 is 0. The second-order valence-corrected chi connectivity index (χ2v) is 8.08. The lowest BCUT2D eigenvalue weighted by Crippen LogP contribution is -2.59. The molecule has 6 unspecified atom stereocenters. The Balaban J connectivity index is 2.97. The topological polar surface area (TPSA) is 194 Å². The molecule has 1 aliphatic heterocycles. The molecule has 1 fully saturated rings. The Hall–Kier alpha value is -2.73. The molecular weight excluding hydrogens is 424 g/mol. The zero-order valence-corrected chi connectivity index (χ0v) is 18.6. The summed E-state index contributed by atoms with van der Waals surface area (Å²) in [4.78, 5) is 60.4. The predicted octanol–water partition coefficient (Wildman–Crippen LogP) is -1.43. The lowest BCUT2D eigenvalue weighted by Gasteiger charge is -2.28. The van der Waals surface area contributed by atoms with Crippen LogP contribution in [0.5, 0.6) is 0 Å². The Kier molecular flexibility index (Phi) is 11.1. The average molecular weight is 459 g/mol. The maximum atomic E-state index is 12.9. The number of carboxylic acid groups (broad SMARTS) is 2. The normalized spacial score (nSPS) is 20.3. The first kappa shape index (κ1) is 27.3. The van der Waals surface area contributed by atoms with E-state index in [1.54, 1.807) is 13.8 Å². The number of hydrogen-bond acceptors (Lipinski definition) is 7. The monoisotopic (exact) mass is 458 g/mol. The van der Waals surface area contributed by atoms with E-state index in [4.69, 9.17) is 5.11 Å². The fourth-order valence-electron chi connectivity index (χ4n) is 3.30. The highest BCUT2D eigenvalue weighted by Crippen LogP contribution is 2.11. The van der Waals surface area contributed by atoms with Crippen molar-refractivity contribution in [1.82, 2.24) is 21.3 Å². The molecule has 0 aliphatic carbocycles. The minimum absolute atomic E-state index is 0.181. The van der Waals surface area contributed by atoms with Crippen LogP contribution in [-0.4, -0.2) is 81.8 Å². The van der Waals surface area contributed by atoms with Crippen LogP contribution < -0.4 is 21.3 Å². The molecule has 6 atom stereocenters. The van der Waals surface area contributed by atoms with Gasteiger partial charge in [0.1, 0.15) is 12.1 Å². The molecule has 0 radical (unpaired) electrons. The summed E-state index contributed by atoms with van der Waals surface area (Å²) >= 11 is 0. The van der Waals surface area contributed by atoms with Gasteiger partial charge in [0.25, 0.3) is 0 Å². The van der Waals surface area contributed by atoms with Crippen molar-refractivity contribution in [3.05, 3.63) is 0 Å². The van der Waals surface area contributed by atoms with Crippen LogP contribution in [0, 0.1) is 5.92 Å². The summed E-state index contributed by atoms with van der Waals surface area (Å²) in [5.74, 6) is -4.97. The summed E-state index contributed by atoms with van der Waals surface area (Å²) in [7, 11) is 0.